The number of aryl methyl sites for hydroxylation is 1. The zero-order valence-electron chi connectivity index (χ0n) is 11.2. The number of carboxylic acids is 1. The molecule has 0 atom stereocenters. The lowest BCUT2D eigenvalue weighted by atomic mass is 10.4. The second-order valence-corrected chi connectivity index (χ2v) is 4.21. The van der Waals surface area contributed by atoms with E-state index in [2.05, 4.69) is 26.1 Å². The molecular weight excluding hydrogens is 280 g/mol. The zero-order valence-corrected chi connectivity index (χ0v) is 11.2. The molecule has 0 aliphatic carbocycles. The molecule has 2 aromatic rings. The molecular formula is C11H14N6O4. The summed E-state index contributed by atoms with van der Waals surface area (Å²) >= 11 is 0. The van der Waals surface area contributed by atoms with Gasteiger partial charge in [-0.15, -0.1) is 5.10 Å². The predicted molar refractivity (Wildman–Crippen MR) is 68.5 cm³/mol. The summed E-state index contributed by atoms with van der Waals surface area (Å²) in [4.78, 5) is 22.1. The third kappa shape index (κ3) is 4.30. The fourth-order valence-electron chi connectivity index (χ4n) is 1.52. The van der Waals surface area contributed by atoms with Gasteiger partial charge in [-0.05, 0) is 6.92 Å². The number of carbonyl (C=O) groups is 2. The summed E-state index contributed by atoms with van der Waals surface area (Å²) < 4.78 is 6.21. The first-order chi connectivity index (χ1) is 10.0. The molecule has 0 radical (unpaired) electrons. The van der Waals surface area contributed by atoms with E-state index in [0.717, 1.165) is 0 Å². The molecule has 3 N–H and O–H groups in total. The molecule has 10 nitrogen and oxygen atoms in total. The molecule has 0 aromatic carbocycles. The van der Waals surface area contributed by atoms with Gasteiger partial charge in [-0.1, -0.05) is 10.4 Å². The van der Waals surface area contributed by atoms with Crippen molar-refractivity contribution < 1.29 is 19.2 Å². The van der Waals surface area contributed by atoms with Crippen LogP contribution in [0.15, 0.2) is 16.8 Å². The van der Waals surface area contributed by atoms with Crippen molar-refractivity contribution in [3.8, 4) is 0 Å². The second kappa shape index (κ2) is 6.50. The Hall–Kier alpha value is -2.91. The Kier molecular flexibility index (Phi) is 4.49. The minimum Gasteiger partial charge on any atom is -0.476 e. The lowest BCUT2D eigenvalue weighted by Gasteiger charge is -2.05. The second-order valence-electron chi connectivity index (χ2n) is 4.21. The Morgan fingerprint density at radius 3 is 2.86 bits per heavy atom. The molecule has 21 heavy (non-hydrogen) atoms. The number of rotatable bonds is 6. The highest BCUT2D eigenvalue weighted by Gasteiger charge is 2.08. The van der Waals surface area contributed by atoms with Crippen molar-refractivity contribution in [1.82, 2.24) is 30.8 Å². The van der Waals surface area contributed by atoms with Crippen molar-refractivity contribution >= 4 is 12.0 Å². The SMILES string of the molecule is Cc1cc(CNC(=O)NCCn2cc(C(=O)O)nn2)no1. The first-order valence-corrected chi connectivity index (χ1v) is 6.12. The Morgan fingerprint density at radius 2 is 2.24 bits per heavy atom. The number of carbonyl (C=O) groups excluding carboxylic acids is 1. The largest absolute Gasteiger partial charge is 0.476 e. The molecule has 10 heteroatoms. The van der Waals surface area contributed by atoms with Gasteiger partial charge in [-0.3, -0.25) is 0 Å². The molecule has 0 aliphatic heterocycles. The van der Waals surface area contributed by atoms with E-state index >= 15 is 0 Å². The van der Waals surface area contributed by atoms with Crippen LogP contribution in [-0.4, -0.2) is 43.8 Å². The van der Waals surface area contributed by atoms with E-state index in [0.29, 0.717) is 18.0 Å². The van der Waals surface area contributed by atoms with Gasteiger partial charge in [0.2, 0.25) is 0 Å². The van der Waals surface area contributed by atoms with E-state index in [4.69, 9.17) is 9.63 Å². The minimum absolute atomic E-state index is 0.138. The molecule has 0 fully saturated rings. The molecule has 2 heterocycles. The van der Waals surface area contributed by atoms with Crippen LogP contribution in [-0.2, 0) is 13.1 Å². The third-order valence-corrected chi connectivity index (χ3v) is 2.49. The van der Waals surface area contributed by atoms with E-state index in [1.54, 1.807) is 13.0 Å². The van der Waals surface area contributed by atoms with Crippen LogP contribution in [0.3, 0.4) is 0 Å². The first kappa shape index (κ1) is 14.5. The molecule has 0 spiro atoms. The summed E-state index contributed by atoms with van der Waals surface area (Å²) in [5.41, 5.74) is 0.492. The maximum absolute atomic E-state index is 11.5. The van der Waals surface area contributed by atoms with Crippen molar-refractivity contribution in [2.24, 2.45) is 0 Å². The number of hydrogen-bond donors (Lipinski definition) is 3. The molecule has 0 saturated carbocycles. The van der Waals surface area contributed by atoms with Gasteiger partial charge in [0.15, 0.2) is 5.69 Å². The zero-order chi connectivity index (χ0) is 15.2. The van der Waals surface area contributed by atoms with Gasteiger partial charge in [0.25, 0.3) is 0 Å². The van der Waals surface area contributed by atoms with E-state index in [1.165, 1.54) is 10.9 Å². The monoisotopic (exact) mass is 294 g/mol. The van der Waals surface area contributed by atoms with Gasteiger partial charge in [-0.25, -0.2) is 14.3 Å². The summed E-state index contributed by atoms with van der Waals surface area (Å²) in [5, 5.41) is 24.7. The number of aromatic carboxylic acids is 1. The maximum atomic E-state index is 11.5. The molecule has 0 aliphatic rings. The van der Waals surface area contributed by atoms with Crippen LogP contribution in [0.4, 0.5) is 4.79 Å². The maximum Gasteiger partial charge on any atom is 0.358 e. The Morgan fingerprint density at radius 1 is 1.43 bits per heavy atom. The Labute approximate surface area is 119 Å². The average Bonchev–Trinajstić information content (AvgIpc) is 3.05. The lowest BCUT2D eigenvalue weighted by molar-refractivity contribution is 0.0690. The smallest absolute Gasteiger partial charge is 0.358 e. The minimum atomic E-state index is -1.14. The van der Waals surface area contributed by atoms with Crippen LogP contribution in [0.2, 0.25) is 0 Å². The molecule has 2 amide bonds. The van der Waals surface area contributed by atoms with E-state index in [-0.39, 0.29) is 24.8 Å². The van der Waals surface area contributed by atoms with Crippen LogP contribution >= 0.6 is 0 Å². The number of amides is 2. The normalized spacial score (nSPS) is 10.3. The van der Waals surface area contributed by atoms with Gasteiger partial charge in [0, 0.05) is 12.6 Å². The summed E-state index contributed by atoms with van der Waals surface area (Å²) in [5.74, 6) is -0.470. The van der Waals surface area contributed by atoms with Crippen LogP contribution in [0, 0.1) is 6.92 Å². The summed E-state index contributed by atoms with van der Waals surface area (Å²) in [6, 6.07) is 1.36. The lowest BCUT2D eigenvalue weighted by Crippen LogP contribution is -2.36. The van der Waals surface area contributed by atoms with Crippen molar-refractivity contribution in [1.29, 1.82) is 0 Å². The number of nitrogens with one attached hydrogen (secondary N) is 2. The average molecular weight is 294 g/mol. The molecule has 0 unspecified atom stereocenters. The van der Waals surface area contributed by atoms with Crippen molar-refractivity contribution in [2.75, 3.05) is 6.54 Å². The number of carboxylic acid groups (broad SMARTS) is 1. The number of urea groups is 1. The highest BCUT2D eigenvalue weighted by molar-refractivity contribution is 5.84. The van der Waals surface area contributed by atoms with Gasteiger partial charge in [0.1, 0.15) is 11.5 Å². The van der Waals surface area contributed by atoms with Gasteiger partial charge >= 0.3 is 12.0 Å². The third-order valence-electron chi connectivity index (χ3n) is 2.49. The van der Waals surface area contributed by atoms with Crippen molar-refractivity contribution in [3.63, 3.8) is 0 Å². The van der Waals surface area contributed by atoms with Crippen LogP contribution in [0.5, 0.6) is 0 Å². The number of nitrogens with zero attached hydrogens (tertiary/aromatic N) is 4. The van der Waals surface area contributed by atoms with Crippen LogP contribution in [0.1, 0.15) is 21.9 Å². The molecule has 2 aromatic heterocycles. The van der Waals surface area contributed by atoms with E-state index < -0.39 is 5.97 Å². The van der Waals surface area contributed by atoms with Crippen LogP contribution in [0.25, 0.3) is 0 Å². The number of hydrogen-bond acceptors (Lipinski definition) is 6. The van der Waals surface area contributed by atoms with Gasteiger partial charge in [0.05, 0.1) is 19.3 Å². The van der Waals surface area contributed by atoms with Crippen LogP contribution < -0.4 is 10.6 Å². The summed E-state index contributed by atoms with van der Waals surface area (Å²) in [6.07, 6.45) is 1.29. The Bertz CT molecular complexity index is 634. The molecule has 2 rings (SSSR count). The fraction of sp³-hybridized carbons (Fsp3) is 0.364. The molecule has 112 valence electrons. The Balaban J connectivity index is 1.67. The standard InChI is InChI=1S/C11H14N6O4/c1-7-4-8(15-21-7)5-13-11(20)12-2-3-17-6-9(10(18)19)14-16-17/h4,6H,2-3,5H2,1H3,(H,18,19)(H2,12,13,20). The molecule has 0 saturated heterocycles. The van der Waals surface area contributed by atoms with E-state index in [9.17, 15) is 9.59 Å². The predicted octanol–water partition coefficient (Wildman–Crippen LogP) is -0.228. The summed E-state index contributed by atoms with van der Waals surface area (Å²) in [6.45, 7) is 2.62. The summed E-state index contributed by atoms with van der Waals surface area (Å²) in [7, 11) is 0. The highest BCUT2D eigenvalue weighted by atomic mass is 16.5. The quantitative estimate of drug-likeness (QED) is 0.669. The number of aromatic nitrogens is 4. The highest BCUT2D eigenvalue weighted by Crippen LogP contribution is 2.00. The first-order valence-electron chi connectivity index (χ1n) is 6.12. The van der Waals surface area contributed by atoms with Gasteiger partial charge < -0.3 is 20.3 Å². The van der Waals surface area contributed by atoms with Crippen molar-refractivity contribution in [3.05, 3.63) is 29.4 Å². The van der Waals surface area contributed by atoms with E-state index in [1.807, 2.05) is 0 Å². The van der Waals surface area contributed by atoms with Gasteiger partial charge in [-0.2, -0.15) is 0 Å². The topological polar surface area (TPSA) is 135 Å². The fourth-order valence-corrected chi connectivity index (χ4v) is 1.52. The molecule has 0 bridgehead atoms. The van der Waals surface area contributed by atoms with Crippen molar-refractivity contribution in [2.45, 2.75) is 20.0 Å².